The molecule has 0 fully saturated rings. The molecule has 4 nitrogen and oxygen atoms in total. The van der Waals surface area contributed by atoms with Crippen molar-refractivity contribution in [3.8, 4) is 17.2 Å². The van der Waals surface area contributed by atoms with Crippen LogP contribution in [-0.4, -0.2) is 20.8 Å². The van der Waals surface area contributed by atoms with Gasteiger partial charge in [0.25, 0.3) is 0 Å². The molecule has 21 heavy (non-hydrogen) atoms. The van der Waals surface area contributed by atoms with Crippen LogP contribution in [0.5, 0.6) is 17.2 Å². The minimum Gasteiger partial charge on any atom is -0.497 e. The van der Waals surface area contributed by atoms with Crippen molar-refractivity contribution in [1.82, 2.24) is 0 Å². The molecule has 0 amide bonds. The molecule has 0 radical (unpaired) electrons. The standard InChI is InChI=1S/C16H16ClNO3/c1-19-10-6-7-14(20-2)11(8-10)15-9-18-13-5-3-4-12(17)16(13)21-15/h3-8,15,18H,9H2,1-2H3. The fourth-order valence-corrected chi connectivity index (χ4v) is 2.64. The van der Waals surface area contributed by atoms with E-state index in [0.29, 0.717) is 17.3 Å². The minimum absolute atomic E-state index is 0.192. The Morgan fingerprint density at radius 2 is 2.05 bits per heavy atom. The molecule has 0 aromatic heterocycles. The van der Waals surface area contributed by atoms with Crippen LogP contribution in [-0.2, 0) is 0 Å². The van der Waals surface area contributed by atoms with E-state index in [4.69, 9.17) is 25.8 Å². The van der Waals surface area contributed by atoms with E-state index >= 15 is 0 Å². The Kier molecular flexibility index (Phi) is 3.80. The van der Waals surface area contributed by atoms with Gasteiger partial charge in [0.1, 0.15) is 17.6 Å². The highest BCUT2D eigenvalue weighted by Gasteiger charge is 2.25. The van der Waals surface area contributed by atoms with Crippen molar-refractivity contribution in [3.05, 3.63) is 47.0 Å². The van der Waals surface area contributed by atoms with Crippen molar-refractivity contribution >= 4 is 17.3 Å². The van der Waals surface area contributed by atoms with Gasteiger partial charge >= 0.3 is 0 Å². The largest absolute Gasteiger partial charge is 0.497 e. The van der Waals surface area contributed by atoms with Crippen molar-refractivity contribution in [2.75, 3.05) is 26.1 Å². The molecule has 0 saturated heterocycles. The third-order valence-corrected chi connectivity index (χ3v) is 3.79. The first kappa shape index (κ1) is 13.9. The maximum atomic E-state index is 6.21. The van der Waals surface area contributed by atoms with Crippen LogP contribution in [0, 0.1) is 0 Å². The van der Waals surface area contributed by atoms with Crippen molar-refractivity contribution in [3.63, 3.8) is 0 Å². The lowest BCUT2D eigenvalue weighted by Crippen LogP contribution is -2.24. The Labute approximate surface area is 128 Å². The van der Waals surface area contributed by atoms with E-state index in [1.807, 2.05) is 36.4 Å². The van der Waals surface area contributed by atoms with Crippen molar-refractivity contribution in [2.24, 2.45) is 0 Å². The molecular weight excluding hydrogens is 290 g/mol. The van der Waals surface area contributed by atoms with Gasteiger partial charge in [-0.3, -0.25) is 0 Å². The van der Waals surface area contributed by atoms with E-state index in [1.165, 1.54) is 0 Å². The second-order valence-corrected chi connectivity index (χ2v) is 5.12. The van der Waals surface area contributed by atoms with Crippen LogP contribution in [0.4, 0.5) is 5.69 Å². The molecule has 1 aliphatic rings. The number of halogens is 1. The molecule has 5 heteroatoms. The number of hydrogen-bond acceptors (Lipinski definition) is 4. The Morgan fingerprint density at radius 1 is 1.19 bits per heavy atom. The first-order chi connectivity index (χ1) is 10.2. The quantitative estimate of drug-likeness (QED) is 0.933. The lowest BCUT2D eigenvalue weighted by Gasteiger charge is -2.29. The van der Waals surface area contributed by atoms with Gasteiger partial charge in [-0.25, -0.2) is 0 Å². The van der Waals surface area contributed by atoms with E-state index in [-0.39, 0.29) is 6.10 Å². The van der Waals surface area contributed by atoms with Gasteiger partial charge in [-0.15, -0.1) is 0 Å². The van der Waals surface area contributed by atoms with Gasteiger partial charge in [-0.2, -0.15) is 0 Å². The molecule has 110 valence electrons. The Morgan fingerprint density at radius 3 is 2.81 bits per heavy atom. The molecule has 2 aromatic carbocycles. The molecule has 0 aliphatic carbocycles. The molecule has 1 atom stereocenters. The summed E-state index contributed by atoms with van der Waals surface area (Å²) in [6.45, 7) is 0.636. The lowest BCUT2D eigenvalue weighted by atomic mass is 10.1. The lowest BCUT2D eigenvalue weighted by molar-refractivity contribution is 0.205. The summed E-state index contributed by atoms with van der Waals surface area (Å²) in [5.41, 5.74) is 1.83. The van der Waals surface area contributed by atoms with Crippen LogP contribution in [0.2, 0.25) is 5.02 Å². The van der Waals surface area contributed by atoms with Gasteiger partial charge in [-0.05, 0) is 30.3 Å². The van der Waals surface area contributed by atoms with Gasteiger partial charge in [0.2, 0.25) is 0 Å². The number of ether oxygens (including phenoxy) is 3. The fraction of sp³-hybridized carbons (Fsp3) is 0.250. The van der Waals surface area contributed by atoms with E-state index in [9.17, 15) is 0 Å². The van der Waals surface area contributed by atoms with Crippen LogP contribution >= 0.6 is 11.6 Å². The number of rotatable bonds is 3. The highest BCUT2D eigenvalue weighted by molar-refractivity contribution is 6.32. The highest BCUT2D eigenvalue weighted by Crippen LogP contribution is 2.41. The van der Waals surface area contributed by atoms with E-state index in [0.717, 1.165) is 22.7 Å². The number of anilines is 1. The number of hydrogen-bond donors (Lipinski definition) is 1. The molecule has 1 heterocycles. The van der Waals surface area contributed by atoms with Crippen LogP contribution in [0.25, 0.3) is 0 Å². The number of nitrogens with one attached hydrogen (secondary N) is 1. The molecule has 0 saturated carbocycles. The van der Waals surface area contributed by atoms with Gasteiger partial charge < -0.3 is 19.5 Å². The number of fused-ring (bicyclic) bond motifs is 1. The maximum Gasteiger partial charge on any atom is 0.162 e. The first-order valence-electron chi connectivity index (χ1n) is 6.64. The van der Waals surface area contributed by atoms with Crippen LogP contribution < -0.4 is 19.5 Å². The van der Waals surface area contributed by atoms with Crippen molar-refractivity contribution < 1.29 is 14.2 Å². The third-order valence-electron chi connectivity index (χ3n) is 3.49. The molecule has 3 rings (SSSR count). The number of methoxy groups -OCH3 is 2. The normalized spacial score (nSPS) is 16.4. The summed E-state index contributed by atoms with van der Waals surface area (Å²) in [4.78, 5) is 0. The molecule has 1 unspecified atom stereocenters. The Hall–Kier alpha value is -2.07. The predicted molar refractivity (Wildman–Crippen MR) is 82.9 cm³/mol. The average Bonchev–Trinajstić information content (AvgIpc) is 2.54. The molecular formula is C16H16ClNO3. The SMILES string of the molecule is COc1ccc(OC)c(C2CNc3cccc(Cl)c3O2)c1. The summed E-state index contributed by atoms with van der Waals surface area (Å²) in [6, 6.07) is 11.3. The number of para-hydroxylation sites is 1. The zero-order valence-electron chi connectivity index (χ0n) is 11.9. The summed E-state index contributed by atoms with van der Waals surface area (Å²) in [5, 5.41) is 3.92. The molecule has 1 N–H and O–H groups in total. The molecule has 0 spiro atoms. The predicted octanol–water partition coefficient (Wildman–Crippen LogP) is 3.90. The Balaban J connectivity index is 1.97. The smallest absolute Gasteiger partial charge is 0.162 e. The van der Waals surface area contributed by atoms with Crippen molar-refractivity contribution in [2.45, 2.75) is 6.10 Å². The van der Waals surface area contributed by atoms with Gasteiger partial charge in [0.15, 0.2) is 5.75 Å². The number of benzene rings is 2. The molecule has 2 aromatic rings. The monoisotopic (exact) mass is 305 g/mol. The van der Waals surface area contributed by atoms with Gasteiger partial charge in [-0.1, -0.05) is 17.7 Å². The molecule has 1 aliphatic heterocycles. The van der Waals surface area contributed by atoms with Crippen LogP contribution in [0.15, 0.2) is 36.4 Å². The third kappa shape index (κ3) is 2.59. The minimum atomic E-state index is -0.192. The van der Waals surface area contributed by atoms with Gasteiger partial charge in [0.05, 0.1) is 31.5 Å². The topological polar surface area (TPSA) is 39.7 Å². The Bertz CT molecular complexity index is 660. The first-order valence-corrected chi connectivity index (χ1v) is 7.01. The van der Waals surface area contributed by atoms with Gasteiger partial charge in [0, 0.05) is 5.56 Å². The zero-order chi connectivity index (χ0) is 14.8. The summed E-state index contributed by atoms with van der Waals surface area (Å²) >= 11 is 6.21. The fourth-order valence-electron chi connectivity index (χ4n) is 2.42. The summed E-state index contributed by atoms with van der Waals surface area (Å²) in [5.74, 6) is 2.19. The second-order valence-electron chi connectivity index (χ2n) is 4.71. The van der Waals surface area contributed by atoms with Crippen LogP contribution in [0.3, 0.4) is 0 Å². The van der Waals surface area contributed by atoms with E-state index in [2.05, 4.69) is 5.32 Å². The zero-order valence-corrected chi connectivity index (χ0v) is 12.6. The summed E-state index contributed by atoms with van der Waals surface area (Å²) < 4.78 is 16.8. The second kappa shape index (κ2) is 5.74. The summed E-state index contributed by atoms with van der Waals surface area (Å²) in [7, 11) is 3.28. The van der Waals surface area contributed by atoms with Crippen LogP contribution in [0.1, 0.15) is 11.7 Å². The van der Waals surface area contributed by atoms with E-state index in [1.54, 1.807) is 14.2 Å². The maximum absolute atomic E-state index is 6.21. The highest BCUT2D eigenvalue weighted by atomic mass is 35.5. The van der Waals surface area contributed by atoms with Crippen molar-refractivity contribution in [1.29, 1.82) is 0 Å². The van der Waals surface area contributed by atoms with E-state index < -0.39 is 0 Å². The average molecular weight is 306 g/mol. The summed E-state index contributed by atoms with van der Waals surface area (Å²) in [6.07, 6.45) is -0.192. The molecule has 0 bridgehead atoms.